The zero-order chi connectivity index (χ0) is 18.7. The molecule has 1 aromatic heterocycles. The highest BCUT2D eigenvalue weighted by Gasteiger charge is 2.14. The molecule has 3 aromatic rings. The van der Waals surface area contributed by atoms with Crippen molar-refractivity contribution in [1.82, 2.24) is 4.57 Å². The number of methoxy groups -OCH3 is 2. The molecule has 7 heteroatoms. The molecule has 0 aliphatic rings. The third-order valence-electron chi connectivity index (χ3n) is 3.95. The first kappa shape index (κ1) is 17.9. The topological polar surface area (TPSA) is 69.9 Å². The SMILES string of the molecule is COC(=O)Cn1c(=NC(=O)c2ccc(OC)cc2)sc2cccc(C)c21. The van der Waals surface area contributed by atoms with E-state index in [1.807, 2.05) is 25.1 Å². The Morgan fingerprint density at radius 1 is 1.12 bits per heavy atom. The van der Waals surface area contributed by atoms with E-state index in [1.165, 1.54) is 18.4 Å². The molecule has 0 unspecified atom stereocenters. The van der Waals surface area contributed by atoms with Crippen LogP contribution in [0.25, 0.3) is 10.2 Å². The summed E-state index contributed by atoms with van der Waals surface area (Å²) in [5.74, 6) is -0.110. The summed E-state index contributed by atoms with van der Waals surface area (Å²) in [5.41, 5.74) is 2.33. The van der Waals surface area contributed by atoms with Crippen LogP contribution in [0.3, 0.4) is 0 Å². The van der Waals surface area contributed by atoms with E-state index < -0.39 is 5.97 Å². The molecular formula is C19H18N2O4S. The average molecular weight is 370 g/mol. The van der Waals surface area contributed by atoms with Gasteiger partial charge in [0.05, 0.1) is 24.4 Å². The van der Waals surface area contributed by atoms with Gasteiger partial charge in [0.15, 0.2) is 4.80 Å². The molecule has 1 amide bonds. The third-order valence-corrected chi connectivity index (χ3v) is 5.00. The van der Waals surface area contributed by atoms with Gasteiger partial charge < -0.3 is 14.0 Å². The van der Waals surface area contributed by atoms with Gasteiger partial charge in [-0.3, -0.25) is 9.59 Å². The molecule has 1 heterocycles. The van der Waals surface area contributed by atoms with Gasteiger partial charge in [-0.1, -0.05) is 23.5 Å². The molecule has 0 N–H and O–H groups in total. The van der Waals surface area contributed by atoms with Gasteiger partial charge in [0.2, 0.25) is 0 Å². The molecule has 6 nitrogen and oxygen atoms in total. The van der Waals surface area contributed by atoms with E-state index in [9.17, 15) is 9.59 Å². The van der Waals surface area contributed by atoms with Crippen LogP contribution < -0.4 is 9.54 Å². The number of esters is 1. The Kier molecular flexibility index (Phi) is 5.18. The van der Waals surface area contributed by atoms with E-state index in [-0.39, 0.29) is 12.5 Å². The molecule has 2 aromatic carbocycles. The van der Waals surface area contributed by atoms with Crippen LogP contribution in [0, 0.1) is 6.92 Å². The van der Waals surface area contributed by atoms with E-state index in [0.29, 0.717) is 16.1 Å². The minimum atomic E-state index is -0.397. The Morgan fingerprint density at radius 3 is 2.50 bits per heavy atom. The zero-order valence-corrected chi connectivity index (χ0v) is 15.5. The lowest BCUT2D eigenvalue weighted by molar-refractivity contribution is -0.141. The summed E-state index contributed by atoms with van der Waals surface area (Å²) in [6.07, 6.45) is 0. The van der Waals surface area contributed by atoms with Crippen molar-refractivity contribution in [1.29, 1.82) is 0 Å². The van der Waals surface area contributed by atoms with Gasteiger partial charge in [0, 0.05) is 5.56 Å². The number of benzene rings is 2. The van der Waals surface area contributed by atoms with Crippen molar-refractivity contribution in [2.45, 2.75) is 13.5 Å². The molecule has 0 radical (unpaired) electrons. The minimum Gasteiger partial charge on any atom is -0.497 e. The first-order valence-electron chi connectivity index (χ1n) is 7.92. The van der Waals surface area contributed by atoms with E-state index in [4.69, 9.17) is 9.47 Å². The Morgan fingerprint density at radius 2 is 1.85 bits per heavy atom. The largest absolute Gasteiger partial charge is 0.497 e. The number of amides is 1. The second kappa shape index (κ2) is 7.53. The maximum absolute atomic E-state index is 12.6. The van der Waals surface area contributed by atoms with Gasteiger partial charge in [-0.05, 0) is 42.8 Å². The molecule has 0 saturated carbocycles. The number of aromatic nitrogens is 1. The van der Waals surface area contributed by atoms with Crippen molar-refractivity contribution in [3.63, 3.8) is 0 Å². The number of hydrogen-bond donors (Lipinski definition) is 0. The van der Waals surface area contributed by atoms with Crippen molar-refractivity contribution >= 4 is 33.4 Å². The number of rotatable bonds is 4. The van der Waals surface area contributed by atoms with Gasteiger partial charge in [-0.25, -0.2) is 0 Å². The molecule has 0 saturated heterocycles. The normalized spacial score (nSPS) is 11.6. The Hall–Kier alpha value is -2.93. The fourth-order valence-corrected chi connectivity index (χ4v) is 3.72. The second-order valence-electron chi connectivity index (χ2n) is 5.61. The van der Waals surface area contributed by atoms with Gasteiger partial charge in [0.25, 0.3) is 5.91 Å². The molecule has 0 atom stereocenters. The van der Waals surface area contributed by atoms with Crippen molar-refractivity contribution in [2.75, 3.05) is 14.2 Å². The number of aryl methyl sites for hydroxylation is 1. The summed E-state index contributed by atoms with van der Waals surface area (Å²) in [5, 5.41) is 0. The van der Waals surface area contributed by atoms with Crippen molar-refractivity contribution in [3.05, 3.63) is 58.4 Å². The number of carbonyl (C=O) groups is 2. The third kappa shape index (κ3) is 3.52. The van der Waals surface area contributed by atoms with E-state index >= 15 is 0 Å². The molecular weight excluding hydrogens is 352 g/mol. The predicted octanol–water partition coefficient (Wildman–Crippen LogP) is 2.93. The van der Waals surface area contributed by atoms with Gasteiger partial charge in [-0.15, -0.1) is 0 Å². The van der Waals surface area contributed by atoms with Gasteiger partial charge >= 0.3 is 5.97 Å². The van der Waals surface area contributed by atoms with Crippen LogP contribution in [0.2, 0.25) is 0 Å². The average Bonchev–Trinajstić information content (AvgIpc) is 3.00. The maximum Gasteiger partial charge on any atom is 0.325 e. The quantitative estimate of drug-likeness (QED) is 0.662. The van der Waals surface area contributed by atoms with Crippen LogP contribution in [0.15, 0.2) is 47.5 Å². The van der Waals surface area contributed by atoms with Crippen molar-refractivity contribution < 1.29 is 19.1 Å². The summed E-state index contributed by atoms with van der Waals surface area (Å²) in [4.78, 5) is 29.1. The first-order chi connectivity index (χ1) is 12.5. The lowest BCUT2D eigenvalue weighted by Gasteiger charge is -2.05. The smallest absolute Gasteiger partial charge is 0.325 e. The molecule has 0 aliphatic carbocycles. The highest BCUT2D eigenvalue weighted by molar-refractivity contribution is 7.16. The van der Waals surface area contributed by atoms with Crippen LogP contribution in [0.4, 0.5) is 0 Å². The molecule has 134 valence electrons. The monoisotopic (exact) mass is 370 g/mol. The second-order valence-corrected chi connectivity index (χ2v) is 6.62. The molecule has 0 spiro atoms. The first-order valence-corrected chi connectivity index (χ1v) is 8.74. The minimum absolute atomic E-state index is 0.00389. The molecule has 0 aliphatic heterocycles. The van der Waals surface area contributed by atoms with Gasteiger partial charge in [-0.2, -0.15) is 4.99 Å². The summed E-state index contributed by atoms with van der Waals surface area (Å²) < 4.78 is 12.6. The maximum atomic E-state index is 12.6. The van der Waals surface area contributed by atoms with Crippen molar-refractivity contribution in [2.24, 2.45) is 4.99 Å². The summed E-state index contributed by atoms with van der Waals surface area (Å²) in [6, 6.07) is 12.6. The molecule has 26 heavy (non-hydrogen) atoms. The summed E-state index contributed by atoms with van der Waals surface area (Å²) in [7, 11) is 2.90. The number of para-hydroxylation sites is 1. The number of ether oxygens (including phenoxy) is 2. The predicted molar refractivity (Wildman–Crippen MR) is 99.5 cm³/mol. The summed E-state index contributed by atoms with van der Waals surface area (Å²) >= 11 is 1.36. The van der Waals surface area contributed by atoms with Crippen LogP contribution >= 0.6 is 11.3 Å². The van der Waals surface area contributed by atoms with E-state index in [0.717, 1.165) is 15.8 Å². The Labute approximate surface area is 154 Å². The number of fused-ring (bicyclic) bond motifs is 1. The molecule has 3 rings (SSSR count). The lowest BCUT2D eigenvalue weighted by atomic mass is 10.2. The van der Waals surface area contributed by atoms with Crippen LogP contribution in [-0.2, 0) is 16.1 Å². The van der Waals surface area contributed by atoms with Crippen LogP contribution in [0.5, 0.6) is 5.75 Å². The van der Waals surface area contributed by atoms with E-state index in [2.05, 4.69) is 4.99 Å². The number of hydrogen-bond acceptors (Lipinski definition) is 5. The standard InChI is InChI=1S/C19H18N2O4S/c1-12-5-4-6-15-17(12)21(11-16(22)25-3)19(26-15)20-18(23)13-7-9-14(24-2)10-8-13/h4-10H,11H2,1-3H3. The fourth-order valence-electron chi connectivity index (χ4n) is 2.62. The number of thiazole rings is 1. The van der Waals surface area contributed by atoms with Crippen LogP contribution in [0.1, 0.15) is 15.9 Å². The fraction of sp³-hybridized carbons (Fsp3) is 0.211. The highest BCUT2D eigenvalue weighted by Crippen LogP contribution is 2.21. The molecule has 0 bridgehead atoms. The van der Waals surface area contributed by atoms with Gasteiger partial charge in [0.1, 0.15) is 12.3 Å². The zero-order valence-electron chi connectivity index (χ0n) is 14.7. The Bertz CT molecular complexity index is 1030. The molecule has 0 fully saturated rings. The highest BCUT2D eigenvalue weighted by atomic mass is 32.1. The lowest BCUT2D eigenvalue weighted by Crippen LogP contribution is -2.22. The summed E-state index contributed by atoms with van der Waals surface area (Å²) in [6.45, 7) is 1.95. The van der Waals surface area contributed by atoms with E-state index in [1.54, 1.807) is 35.9 Å². The number of nitrogens with zero attached hydrogens (tertiary/aromatic N) is 2. The van der Waals surface area contributed by atoms with Crippen LogP contribution in [-0.4, -0.2) is 30.7 Å². The Balaban J connectivity index is 2.11. The van der Waals surface area contributed by atoms with Crippen molar-refractivity contribution in [3.8, 4) is 5.75 Å². The number of carbonyl (C=O) groups excluding carboxylic acids is 2.